The van der Waals surface area contributed by atoms with Crippen LogP contribution >= 0.6 is 11.3 Å². The van der Waals surface area contributed by atoms with Crippen molar-refractivity contribution in [2.75, 3.05) is 32.5 Å². The highest BCUT2D eigenvalue weighted by Crippen LogP contribution is 2.33. The average Bonchev–Trinajstić information content (AvgIpc) is 3.33. The van der Waals surface area contributed by atoms with Gasteiger partial charge in [0.25, 0.3) is 0 Å². The molecule has 1 aliphatic rings. The van der Waals surface area contributed by atoms with Gasteiger partial charge in [-0.05, 0) is 24.3 Å². The second-order valence-electron chi connectivity index (χ2n) is 6.54. The van der Waals surface area contributed by atoms with E-state index in [1.54, 1.807) is 17.3 Å². The number of aromatic nitrogens is 2. The third kappa shape index (κ3) is 4.18. The molecule has 1 aromatic carbocycles. The Morgan fingerprint density at radius 3 is 2.58 bits per heavy atom. The predicted octanol–water partition coefficient (Wildman–Crippen LogP) is 3.27. The summed E-state index contributed by atoms with van der Waals surface area (Å²) < 4.78 is 15.3. The van der Waals surface area contributed by atoms with E-state index < -0.39 is 11.9 Å². The average molecular weight is 437 g/mol. The Balaban J connectivity index is 1.71. The topological polar surface area (TPSA) is 90.9 Å². The Labute approximate surface area is 182 Å². The number of methoxy groups -OCH3 is 2. The molecule has 31 heavy (non-hydrogen) atoms. The van der Waals surface area contributed by atoms with Gasteiger partial charge in [0.15, 0.2) is 0 Å². The molecule has 158 valence electrons. The van der Waals surface area contributed by atoms with Gasteiger partial charge < -0.3 is 19.1 Å². The molecular formula is C22H19N3O5S. The lowest BCUT2D eigenvalue weighted by Gasteiger charge is -2.31. The molecule has 1 aliphatic heterocycles. The summed E-state index contributed by atoms with van der Waals surface area (Å²) in [7, 11) is 2.52. The van der Waals surface area contributed by atoms with Crippen molar-refractivity contribution >= 4 is 29.0 Å². The van der Waals surface area contributed by atoms with Gasteiger partial charge >= 0.3 is 11.9 Å². The number of hydrogen-bond acceptors (Lipinski definition) is 9. The van der Waals surface area contributed by atoms with E-state index in [1.807, 2.05) is 41.8 Å². The zero-order valence-corrected chi connectivity index (χ0v) is 17.7. The van der Waals surface area contributed by atoms with Gasteiger partial charge in [-0.25, -0.2) is 14.6 Å². The van der Waals surface area contributed by atoms with Gasteiger partial charge in [0.1, 0.15) is 17.4 Å². The number of carbonyl (C=O) groups is 2. The van der Waals surface area contributed by atoms with Crippen LogP contribution in [-0.2, 0) is 23.8 Å². The van der Waals surface area contributed by atoms with Gasteiger partial charge in [0.2, 0.25) is 0 Å². The van der Waals surface area contributed by atoms with Crippen molar-refractivity contribution in [3.8, 4) is 21.8 Å². The first-order chi connectivity index (χ1) is 15.1. The molecule has 9 heteroatoms. The molecule has 0 fully saturated rings. The number of carbonyl (C=O) groups excluding carboxylic acids is 2. The lowest BCUT2D eigenvalue weighted by molar-refractivity contribution is -0.140. The number of ether oxygens (including phenoxy) is 3. The second kappa shape index (κ2) is 9.07. The zero-order chi connectivity index (χ0) is 21.8. The normalized spacial score (nSPS) is 13.8. The largest absolute Gasteiger partial charge is 0.466 e. The molecule has 0 bridgehead atoms. The minimum atomic E-state index is -0.636. The van der Waals surface area contributed by atoms with Crippen molar-refractivity contribution in [2.45, 2.75) is 0 Å². The Bertz CT molecular complexity index is 1140. The molecule has 0 saturated carbocycles. The maximum absolute atomic E-state index is 12.5. The van der Waals surface area contributed by atoms with E-state index in [4.69, 9.17) is 19.2 Å². The first-order valence-electron chi connectivity index (χ1n) is 9.33. The number of rotatable bonds is 5. The van der Waals surface area contributed by atoms with Crippen LogP contribution in [0.25, 0.3) is 21.8 Å². The molecular weight excluding hydrogens is 418 g/mol. The van der Waals surface area contributed by atoms with Gasteiger partial charge in [0.05, 0.1) is 32.1 Å². The summed E-state index contributed by atoms with van der Waals surface area (Å²) in [6, 6.07) is 11.3. The van der Waals surface area contributed by atoms with E-state index in [0.29, 0.717) is 5.69 Å². The number of anilines is 1. The quantitative estimate of drug-likeness (QED) is 0.562. The lowest BCUT2D eigenvalue weighted by Crippen LogP contribution is -2.38. The van der Waals surface area contributed by atoms with E-state index in [9.17, 15) is 9.59 Å². The number of hydrogen-bond donors (Lipinski definition) is 0. The first-order valence-corrected chi connectivity index (χ1v) is 10.2. The fraction of sp³-hybridized carbons (Fsp3) is 0.182. The molecule has 0 saturated heterocycles. The van der Waals surface area contributed by atoms with Crippen LogP contribution in [0.2, 0.25) is 0 Å². The summed E-state index contributed by atoms with van der Waals surface area (Å²) in [6.45, 7) is 0.0591. The third-order valence-corrected chi connectivity index (χ3v) is 5.61. The van der Waals surface area contributed by atoms with Crippen molar-refractivity contribution in [3.05, 3.63) is 65.4 Å². The van der Waals surface area contributed by atoms with Crippen LogP contribution in [-0.4, -0.2) is 49.5 Å². The first kappa shape index (κ1) is 20.7. The van der Waals surface area contributed by atoms with Gasteiger partial charge in [0, 0.05) is 34.6 Å². The minimum Gasteiger partial charge on any atom is -0.466 e. The molecule has 0 unspecified atom stereocenters. The molecule has 0 atom stereocenters. The van der Waals surface area contributed by atoms with E-state index in [-0.39, 0.29) is 24.6 Å². The van der Waals surface area contributed by atoms with E-state index >= 15 is 0 Å². The number of benzene rings is 1. The summed E-state index contributed by atoms with van der Waals surface area (Å²) in [6.07, 6.45) is 3.45. The van der Waals surface area contributed by atoms with Gasteiger partial charge in [-0.2, -0.15) is 0 Å². The lowest BCUT2D eigenvalue weighted by atomic mass is 10.1. The molecule has 3 aromatic rings. The van der Waals surface area contributed by atoms with Gasteiger partial charge in [-0.1, -0.05) is 12.1 Å². The Morgan fingerprint density at radius 1 is 1.06 bits per heavy atom. The van der Waals surface area contributed by atoms with Crippen molar-refractivity contribution in [1.29, 1.82) is 0 Å². The second-order valence-corrected chi connectivity index (χ2v) is 7.40. The smallest absolute Gasteiger partial charge is 0.355 e. The molecule has 0 radical (unpaired) electrons. The van der Waals surface area contributed by atoms with Crippen molar-refractivity contribution in [2.24, 2.45) is 0 Å². The molecule has 0 aliphatic carbocycles. The van der Waals surface area contributed by atoms with Crippen LogP contribution in [0.3, 0.4) is 0 Å². The van der Waals surface area contributed by atoms with Crippen LogP contribution in [0.1, 0.15) is 0 Å². The molecule has 2 aromatic heterocycles. The van der Waals surface area contributed by atoms with E-state index in [1.165, 1.54) is 25.6 Å². The highest BCUT2D eigenvalue weighted by atomic mass is 32.1. The van der Waals surface area contributed by atoms with Gasteiger partial charge in [-0.15, -0.1) is 11.3 Å². The van der Waals surface area contributed by atoms with Crippen LogP contribution in [0.5, 0.6) is 0 Å². The van der Waals surface area contributed by atoms with E-state index in [2.05, 4.69) is 4.98 Å². The van der Waals surface area contributed by atoms with Crippen LogP contribution in [0, 0.1) is 0 Å². The van der Waals surface area contributed by atoms with E-state index in [0.717, 1.165) is 21.8 Å². The Kier molecular flexibility index (Phi) is 6.06. The fourth-order valence-corrected chi connectivity index (χ4v) is 4.04. The summed E-state index contributed by atoms with van der Waals surface area (Å²) in [5.74, 6) is -1.27. The molecule has 0 spiro atoms. The van der Waals surface area contributed by atoms with Crippen molar-refractivity contribution < 1.29 is 23.8 Å². The highest BCUT2D eigenvalue weighted by Gasteiger charge is 2.32. The third-order valence-electron chi connectivity index (χ3n) is 4.72. The van der Waals surface area contributed by atoms with Crippen LogP contribution < -0.4 is 4.90 Å². The summed E-state index contributed by atoms with van der Waals surface area (Å²) in [5, 5.41) is 2.81. The van der Waals surface area contributed by atoms with Crippen molar-refractivity contribution in [1.82, 2.24) is 9.97 Å². The van der Waals surface area contributed by atoms with Crippen molar-refractivity contribution in [3.63, 3.8) is 0 Å². The molecule has 0 amide bonds. The minimum absolute atomic E-state index is 0.0327. The highest BCUT2D eigenvalue weighted by molar-refractivity contribution is 7.13. The van der Waals surface area contributed by atoms with Crippen LogP contribution in [0.4, 0.5) is 5.69 Å². The number of esters is 2. The zero-order valence-electron chi connectivity index (χ0n) is 16.9. The standard InChI is InChI=1S/C22H19N3O5S/c1-28-21(26)17-11-30-13-25(19(17)22(27)29-2)16-5-3-4-15(10-16)20-24-18(12-31-20)14-6-8-23-9-7-14/h3-10,12H,11,13H2,1-2H3. The summed E-state index contributed by atoms with van der Waals surface area (Å²) in [4.78, 5) is 35.1. The number of thiazole rings is 1. The fourth-order valence-electron chi connectivity index (χ4n) is 3.22. The summed E-state index contributed by atoms with van der Waals surface area (Å²) in [5.41, 5.74) is 3.60. The van der Waals surface area contributed by atoms with Gasteiger partial charge in [-0.3, -0.25) is 4.98 Å². The maximum atomic E-state index is 12.5. The number of pyridine rings is 1. The van der Waals surface area contributed by atoms with Crippen LogP contribution in [0.15, 0.2) is 65.4 Å². The summed E-state index contributed by atoms with van der Waals surface area (Å²) >= 11 is 1.51. The number of nitrogens with zero attached hydrogens (tertiary/aromatic N) is 3. The maximum Gasteiger partial charge on any atom is 0.355 e. The predicted molar refractivity (Wildman–Crippen MR) is 115 cm³/mol. The monoisotopic (exact) mass is 437 g/mol. The molecule has 0 N–H and O–H groups in total. The Morgan fingerprint density at radius 2 is 1.84 bits per heavy atom. The molecule has 3 heterocycles. The molecule has 4 rings (SSSR count). The Hall–Kier alpha value is -3.56. The molecule has 8 nitrogen and oxygen atoms in total. The SMILES string of the molecule is COC(=O)C1=C(C(=O)OC)N(c2cccc(-c3nc(-c4ccncc4)cs3)c2)COC1.